The molecule has 0 radical (unpaired) electrons. The van der Waals surface area contributed by atoms with E-state index in [0.717, 1.165) is 0 Å². The van der Waals surface area contributed by atoms with Gasteiger partial charge in [0.15, 0.2) is 0 Å². The van der Waals surface area contributed by atoms with E-state index in [2.05, 4.69) is 16.3 Å². The molecule has 0 atom stereocenters. The van der Waals surface area contributed by atoms with Gasteiger partial charge >= 0.3 is 0 Å². The number of rotatable bonds is 7. The summed E-state index contributed by atoms with van der Waals surface area (Å²) < 4.78 is 1.20. The second-order valence-corrected chi connectivity index (χ2v) is 7.35. The lowest BCUT2D eigenvalue weighted by molar-refractivity contribution is -0.121. The van der Waals surface area contributed by atoms with E-state index >= 15 is 0 Å². The van der Waals surface area contributed by atoms with E-state index in [1.165, 1.54) is 9.58 Å². The number of carbonyl (C=O) groups excluding carboxylic acids is 3. The topological polar surface area (TPSA) is 101 Å². The highest BCUT2D eigenvalue weighted by molar-refractivity contribution is 6.21. The van der Waals surface area contributed by atoms with Crippen LogP contribution in [-0.2, 0) is 17.9 Å². The molecule has 32 heavy (non-hydrogen) atoms. The lowest BCUT2D eigenvalue weighted by Crippen LogP contribution is -2.32. The van der Waals surface area contributed by atoms with E-state index in [4.69, 9.17) is 6.42 Å². The van der Waals surface area contributed by atoms with Crippen LogP contribution in [0, 0.1) is 12.3 Å². The number of imide groups is 1. The Kier molecular flexibility index (Phi) is 5.81. The van der Waals surface area contributed by atoms with Gasteiger partial charge in [0.05, 0.1) is 28.8 Å². The van der Waals surface area contributed by atoms with Crippen molar-refractivity contribution in [2.75, 3.05) is 6.54 Å². The summed E-state index contributed by atoms with van der Waals surface area (Å²) in [6.45, 7) is 0.316. The normalized spacial score (nSPS) is 12.7. The van der Waals surface area contributed by atoms with Crippen LogP contribution < -0.4 is 10.9 Å². The van der Waals surface area contributed by atoms with Gasteiger partial charge in [0.1, 0.15) is 6.54 Å². The van der Waals surface area contributed by atoms with Gasteiger partial charge in [-0.25, -0.2) is 4.68 Å². The van der Waals surface area contributed by atoms with Crippen LogP contribution in [0.2, 0.25) is 0 Å². The highest BCUT2D eigenvalue weighted by atomic mass is 16.2. The molecule has 0 aliphatic carbocycles. The third-order valence-corrected chi connectivity index (χ3v) is 5.30. The number of terminal acetylenes is 1. The SMILES string of the molecule is C#CCn1nc(CNC(=O)CCCN2C(=O)c3ccccc3C2=O)c2ccccc2c1=O. The number of aromatic nitrogens is 2. The van der Waals surface area contributed by atoms with Crippen molar-refractivity contribution in [3.8, 4) is 12.3 Å². The van der Waals surface area contributed by atoms with E-state index < -0.39 is 0 Å². The molecule has 1 aromatic heterocycles. The maximum atomic E-state index is 12.5. The number of carbonyl (C=O) groups is 3. The average Bonchev–Trinajstić information content (AvgIpc) is 3.05. The standard InChI is InChI=1S/C24H20N4O4/c1-2-13-28-24(32)17-9-4-3-8-16(17)20(26-28)15-25-21(29)12-7-14-27-22(30)18-10-5-6-11-19(18)23(27)31/h1,3-6,8-11H,7,12-15H2,(H,25,29). The van der Waals surface area contributed by atoms with E-state index in [1.54, 1.807) is 48.5 Å². The maximum Gasteiger partial charge on any atom is 0.275 e. The highest BCUT2D eigenvalue weighted by Gasteiger charge is 2.34. The van der Waals surface area contributed by atoms with E-state index in [0.29, 0.717) is 34.0 Å². The van der Waals surface area contributed by atoms with Crippen molar-refractivity contribution >= 4 is 28.5 Å². The number of hydrogen-bond acceptors (Lipinski definition) is 5. The monoisotopic (exact) mass is 428 g/mol. The number of nitrogens with zero attached hydrogens (tertiary/aromatic N) is 3. The third-order valence-electron chi connectivity index (χ3n) is 5.30. The van der Waals surface area contributed by atoms with Gasteiger partial charge in [-0.05, 0) is 24.6 Å². The minimum Gasteiger partial charge on any atom is -0.350 e. The molecule has 0 bridgehead atoms. The third kappa shape index (κ3) is 3.88. The Hall–Kier alpha value is -4.25. The molecule has 3 aromatic rings. The fourth-order valence-electron chi connectivity index (χ4n) is 3.74. The molecule has 3 amide bonds. The van der Waals surface area contributed by atoms with Crippen LogP contribution in [0.1, 0.15) is 39.3 Å². The van der Waals surface area contributed by atoms with Crippen LogP contribution in [0.25, 0.3) is 10.8 Å². The number of nitrogens with one attached hydrogen (secondary N) is 1. The Morgan fingerprint density at radius 2 is 1.59 bits per heavy atom. The molecule has 2 heterocycles. The molecule has 1 aliphatic rings. The molecular weight excluding hydrogens is 408 g/mol. The summed E-state index contributed by atoms with van der Waals surface area (Å²) >= 11 is 0. The summed E-state index contributed by atoms with van der Waals surface area (Å²) in [5.74, 6) is 1.48. The molecule has 4 rings (SSSR count). The number of fused-ring (bicyclic) bond motifs is 2. The predicted octanol–water partition coefficient (Wildman–Crippen LogP) is 1.72. The van der Waals surface area contributed by atoms with Gasteiger partial charge in [0, 0.05) is 18.4 Å². The number of benzene rings is 2. The molecule has 0 spiro atoms. The van der Waals surface area contributed by atoms with Crippen molar-refractivity contribution in [2.45, 2.75) is 25.9 Å². The summed E-state index contributed by atoms with van der Waals surface area (Å²) in [5.41, 5.74) is 1.03. The van der Waals surface area contributed by atoms with E-state index in [9.17, 15) is 19.2 Å². The van der Waals surface area contributed by atoms with Crippen LogP contribution in [0.4, 0.5) is 0 Å². The maximum absolute atomic E-state index is 12.5. The lowest BCUT2D eigenvalue weighted by atomic mass is 10.1. The first-order chi connectivity index (χ1) is 15.5. The summed E-state index contributed by atoms with van der Waals surface area (Å²) in [7, 11) is 0. The molecule has 8 heteroatoms. The highest BCUT2D eigenvalue weighted by Crippen LogP contribution is 2.22. The quantitative estimate of drug-likeness (QED) is 0.456. The molecule has 160 valence electrons. The van der Waals surface area contributed by atoms with Gasteiger partial charge in [0.25, 0.3) is 17.4 Å². The fourth-order valence-corrected chi connectivity index (χ4v) is 3.74. The first-order valence-corrected chi connectivity index (χ1v) is 10.2. The van der Waals surface area contributed by atoms with Crippen molar-refractivity contribution < 1.29 is 14.4 Å². The Balaban J connectivity index is 1.37. The lowest BCUT2D eigenvalue weighted by Gasteiger charge is -2.14. The molecule has 2 aromatic carbocycles. The summed E-state index contributed by atoms with van der Waals surface area (Å²) in [6, 6.07) is 13.7. The Labute approximate surface area is 183 Å². The second kappa shape index (κ2) is 8.86. The van der Waals surface area contributed by atoms with Gasteiger partial charge < -0.3 is 5.32 Å². The summed E-state index contributed by atoms with van der Waals surface area (Å²) in [6.07, 6.45) is 5.80. The van der Waals surface area contributed by atoms with Crippen LogP contribution >= 0.6 is 0 Å². The van der Waals surface area contributed by atoms with Crippen molar-refractivity contribution in [2.24, 2.45) is 0 Å². The van der Waals surface area contributed by atoms with Gasteiger partial charge in [-0.3, -0.25) is 24.1 Å². The van der Waals surface area contributed by atoms with Crippen LogP contribution in [0.5, 0.6) is 0 Å². The largest absolute Gasteiger partial charge is 0.350 e. The van der Waals surface area contributed by atoms with Crippen LogP contribution in [0.3, 0.4) is 0 Å². The Morgan fingerprint density at radius 1 is 0.969 bits per heavy atom. The number of hydrogen-bond donors (Lipinski definition) is 1. The van der Waals surface area contributed by atoms with Crippen molar-refractivity contribution in [3.63, 3.8) is 0 Å². The summed E-state index contributed by atoms with van der Waals surface area (Å²) in [5, 5.41) is 8.22. The predicted molar refractivity (Wildman–Crippen MR) is 118 cm³/mol. The van der Waals surface area contributed by atoms with Gasteiger partial charge in [0.2, 0.25) is 5.91 Å². The molecule has 0 saturated carbocycles. The first-order valence-electron chi connectivity index (χ1n) is 10.2. The van der Waals surface area contributed by atoms with Crippen molar-refractivity contribution in [1.29, 1.82) is 0 Å². The molecule has 1 N–H and O–H groups in total. The fraction of sp³-hybridized carbons (Fsp3) is 0.208. The zero-order chi connectivity index (χ0) is 22.7. The Morgan fingerprint density at radius 3 is 2.25 bits per heavy atom. The molecule has 0 saturated heterocycles. The average molecular weight is 428 g/mol. The second-order valence-electron chi connectivity index (χ2n) is 7.35. The van der Waals surface area contributed by atoms with Gasteiger partial charge in [-0.15, -0.1) is 6.42 Å². The molecule has 1 aliphatic heterocycles. The van der Waals surface area contributed by atoms with Crippen LogP contribution in [0.15, 0.2) is 53.3 Å². The zero-order valence-corrected chi connectivity index (χ0v) is 17.2. The van der Waals surface area contributed by atoms with Crippen LogP contribution in [-0.4, -0.2) is 38.9 Å². The number of amides is 3. The minimum atomic E-state index is -0.336. The molecule has 8 nitrogen and oxygen atoms in total. The zero-order valence-electron chi connectivity index (χ0n) is 17.2. The van der Waals surface area contributed by atoms with E-state index in [1.807, 2.05) is 0 Å². The Bertz CT molecular complexity index is 1300. The van der Waals surface area contributed by atoms with Gasteiger partial charge in [-0.1, -0.05) is 36.3 Å². The van der Waals surface area contributed by atoms with Crippen molar-refractivity contribution in [1.82, 2.24) is 20.0 Å². The molecule has 0 fully saturated rings. The van der Waals surface area contributed by atoms with E-state index in [-0.39, 0.29) is 49.3 Å². The molecule has 0 unspecified atom stereocenters. The smallest absolute Gasteiger partial charge is 0.275 e. The molecular formula is C24H20N4O4. The minimum absolute atomic E-state index is 0.0326. The summed E-state index contributed by atoms with van der Waals surface area (Å²) in [4.78, 5) is 50.8. The van der Waals surface area contributed by atoms with Gasteiger partial charge in [-0.2, -0.15) is 5.10 Å². The first kappa shape index (κ1) is 21.0. The van der Waals surface area contributed by atoms with Crippen molar-refractivity contribution in [3.05, 3.63) is 75.7 Å².